The van der Waals surface area contributed by atoms with Crippen molar-refractivity contribution in [1.82, 2.24) is 24.8 Å². The lowest BCUT2D eigenvalue weighted by Gasteiger charge is -2.34. The Bertz CT molecular complexity index is 1530. The first kappa shape index (κ1) is 26.2. The fourth-order valence-corrected chi connectivity index (χ4v) is 5.94. The molecule has 2 aromatic heterocycles. The highest BCUT2D eigenvalue weighted by molar-refractivity contribution is 5.95. The molecule has 0 unspecified atom stereocenters. The highest BCUT2D eigenvalue weighted by Gasteiger charge is 2.24. The Balaban J connectivity index is 1.25. The maximum absolute atomic E-state index is 13.3. The van der Waals surface area contributed by atoms with Crippen LogP contribution in [0.3, 0.4) is 0 Å². The lowest BCUT2D eigenvalue weighted by molar-refractivity contribution is 0.0643. The number of rotatable bonds is 5. The number of aryl methyl sites for hydroxylation is 1. The minimum Gasteiger partial charge on any atom is -0.481 e. The molecule has 8 nitrogen and oxygen atoms in total. The second-order valence-corrected chi connectivity index (χ2v) is 10.7. The lowest BCUT2D eigenvalue weighted by atomic mass is 9.99. The summed E-state index contributed by atoms with van der Waals surface area (Å²) in [7, 11) is 1.62. The molecule has 0 aliphatic carbocycles. The number of carbonyl (C=O) groups is 1. The number of likely N-dealkylation sites (N-methyl/N-ethyl adjacent to an activating group) is 1. The Morgan fingerprint density at radius 1 is 0.875 bits per heavy atom. The number of pyridine rings is 1. The Hall–Kier alpha value is -4.04. The first-order valence-electron chi connectivity index (χ1n) is 14.2. The van der Waals surface area contributed by atoms with Crippen LogP contribution in [0.2, 0.25) is 0 Å². The molecule has 2 aromatic carbocycles. The van der Waals surface area contributed by atoms with E-state index in [-0.39, 0.29) is 5.91 Å². The highest BCUT2D eigenvalue weighted by atomic mass is 16.5. The van der Waals surface area contributed by atoms with E-state index in [1.807, 2.05) is 29.3 Å². The van der Waals surface area contributed by atoms with Gasteiger partial charge in [0.05, 0.1) is 12.6 Å². The van der Waals surface area contributed by atoms with Crippen molar-refractivity contribution in [3.8, 4) is 17.0 Å². The number of carbonyl (C=O) groups excluding carboxylic acids is 1. The quantitative estimate of drug-likeness (QED) is 0.375. The van der Waals surface area contributed by atoms with E-state index in [2.05, 4.69) is 57.9 Å². The van der Waals surface area contributed by atoms with Gasteiger partial charge in [-0.2, -0.15) is 0 Å². The molecule has 0 radical (unpaired) electrons. The predicted octanol–water partition coefficient (Wildman–Crippen LogP) is 4.39. The van der Waals surface area contributed by atoms with Crippen LogP contribution in [0.4, 0.5) is 5.82 Å². The molecule has 1 saturated heterocycles. The molecule has 2 aliphatic rings. The third-order valence-corrected chi connectivity index (χ3v) is 8.35. The van der Waals surface area contributed by atoms with Gasteiger partial charge >= 0.3 is 0 Å². The van der Waals surface area contributed by atoms with Crippen LogP contribution >= 0.6 is 0 Å². The summed E-state index contributed by atoms with van der Waals surface area (Å²) in [4.78, 5) is 33.8. The van der Waals surface area contributed by atoms with Gasteiger partial charge in [-0.25, -0.2) is 15.0 Å². The summed E-state index contributed by atoms with van der Waals surface area (Å²) in [6.45, 7) is 10.5. The molecule has 8 heteroatoms. The average molecular weight is 537 g/mol. The molecule has 4 aromatic rings. The van der Waals surface area contributed by atoms with Gasteiger partial charge in [-0.05, 0) is 78.9 Å². The summed E-state index contributed by atoms with van der Waals surface area (Å²) < 4.78 is 5.23. The molecule has 6 rings (SSSR count). The maximum atomic E-state index is 13.3. The number of benzene rings is 2. The van der Waals surface area contributed by atoms with Gasteiger partial charge in [-0.15, -0.1) is 0 Å². The molecule has 2 aliphatic heterocycles. The van der Waals surface area contributed by atoms with E-state index in [0.717, 1.165) is 97.6 Å². The van der Waals surface area contributed by atoms with Crippen molar-refractivity contribution in [3.63, 3.8) is 0 Å². The number of ether oxygens (including phenoxy) is 1. The number of fused-ring (bicyclic) bond motifs is 2. The molecular formula is C32H36N6O2. The number of methoxy groups -OCH3 is 1. The van der Waals surface area contributed by atoms with Crippen LogP contribution in [0.15, 0.2) is 55.0 Å². The molecule has 0 bridgehead atoms. The number of anilines is 1. The number of hydrogen-bond acceptors (Lipinski definition) is 7. The molecule has 1 fully saturated rings. The van der Waals surface area contributed by atoms with E-state index in [0.29, 0.717) is 5.88 Å². The maximum Gasteiger partial charge on any atom is 0.253 e. The van der Waals surface area contributed by atoms with Crippen LogP contribution in [0.25, 0.3) is 22.0 Å². The molecule has 1 amide bonds. The topological polar surface area (TPSA) is 74.7 Å². The minimum absolute atomic E-state index is 0.150. The number of piperazine rings is 1. The van der Waals surface area contributed by atoms with Crippen molar-refractivity contribution in [2.75, 3.05) is 57.8 Å². The second kappa shape index (κ2) is 11.2. The second-order valence-electron chi connectivity index (χ2n) is 10.7. The summed E-state index contributed by atoms with van der Waals surface area (Å²) in [5.74, 6) is 1.70. The third-order valence-electron chi connectivity index (χ3n) is 8.35. The normalized spacial score (nSPS) is 16.1. The van der Waals surface area contributed by atoms with Crippen molar-refractivity contribution < 1.29 is 9.53 Å². The van der Waals surface area contributed by atoms with Crippen molar-refractivity contribution in [3.05, 3.63) is 77.2 Å². The van der Waals surface area contributed by atoms with Crippen molar-refractivity contribution in [2.45, 2.75) is 26.7 Å². The van der Waals surface area contributed by atoms with Gasteiger partial charge in [0, 0.05) is 68.0 Å². The largest absolute Gasteiger partial charge is 0.481 e. The summed E-state index contributed by atoms with van der Waals surface area (Å²) in [6.07, 6.45) is 5.29. The summed E-state index contributed by atoms with van der Waals surface area (Å²) in [5, 5.41) is 1.04. The van der Waals surface area contributed by atoms with Gasteiger partial charge in [-0.3, -0.25) is 4.79 Å². The van der Waals surface area contributed by atoms with Gasteiger partial charge in [0.2, 0.25) is 5.88 Å². The van der Waals surface area contributed by atoms with Crippen molar-refractivity contribution in [2.24, 2.45) is 0 Å². The van der Waals surface area contributed by atoms with Crippen LogP contribution < -0.4 is 9.64 Å². The van der Waals surface area contributed by atoms with Crippen LogP contribution in [0, 0.1) is 6.92 Å². The number of amides is 1. The Labute approximate surface area is 235 Å². The van der Waals surface area contributed by atoms with Gasteiger partial charge in [0.15, 0.2) is 0 Å². The summed E-state index contributed by atoms with van der Waals surface area (Å²) in [6, 6.07) is 14.5. The predicted molar refractivity (Wildman–Crippen MR) is 158 cm³/mol. The average Bonchev–Trinajstić information content (AvgIpc) is 3.22. The zero-order chi connectivity index (χ0) is 27.6. The van der Waals surface area contributed by atoms with Crippen LogP contribution in [-0.2, 0) is 12.8 Å². The minimum atomic E-state index is 0.150. The van der Waals surface area contributed by atoms with E-state index in [1.54, 1.807) is 13.4 Å². The third kappa shape index (κ3) is 5.11. The van der Waals surface area contributed by atoms with Crippen LogP contribution in [0.5, 0.6) is 5.88 Å². The SMILES string of the molecule is CCN1CCN(C(=O)c2ccc3c(c2)CCN(c2ncnc4c(C)cc(-c5ccc(OC)nc5)cc24)CC3)CC1. The van der Waals surface area contributed by atoms with Crippen molar-refractivity contribution in [1.29, 1.82) is 0 Å². The fourth-order valence-electron chi connectivity index (χ4n) is 5.94. The molecular weight excluding hydrogens is 500 g/mol. The molecule has 206 valence electrons. The zero-order valence-electron chi connectivity index (χ0n) is 23.6. The number of nitrogens with zero attached hydrogens (tertiary/aromatic N) is 6. The van der Waals surface area contributed by atoms with E-state index >= 15 is 0 Å². The first-order chi connectivity index (χ1) is 19.5. The Morgan fingerprint density at radius 2 is 1.68 bits per heavy atom. The lowest BCUT2D eigenvalue weighted by Crippen LogP contribution is -2.48. The van der Waals surface area contributed by atoms with Gasteiger partial charge in [0.1, 0.15) is 12.1 Å². The van der Waals surface area contributed by atoms with Gasteiger partial charge in [-0.1, -0.05) is 13.0 Å². The van der Waals surface area contributed by atoms with E-state index in [1.165, 1.54) is 11.1 Å². The fraction of sp³-hybridized carbons (Fsp3) is 0.375. The molecule has 0 spiro atoms. The summed E-state index contributed by atoms with van der Waals surface area (Å²) in [5.41, 5.74) is 7.56. The smallest absolute Gasteiger partial charge is 0.253 e. The standard InChI is InChI=1S/C32H36N6O2/c1-4-36-13-15-38(16-14-36)32(39)25-6-5-23-9-11-37(12-10-24(23)18-25)31-28-19-27(17-22(2)30(28)34-21-35-31)26-7-8-29(40-3)33-20-26/h5-8,17-21H,4,9-16H2,1-3H3. The summed E-state index contributed by atoms with van der Waals surface area (Å²) >= 11 is 0. The van der Waals surface area contributed by atoms with Crippen LogP contribution in [-0.4, -0.2) is 83.6 Å². The van der Waals surface area contributed by atoms with Gasteiger partial charge in [0.25, 0.3) is 5.91 Å². The zero-order valence-corrected chi connectivity index (χ0v) is 23.6. The first-order valence-corrected chi connectivity index (χ1v) is 14.2. The van der Waals surface area contributed by atoms with Gasteiger partial charge < -0.3 is 19.4 Å². The Kier molecular flexibility index (Phi) is 7.34. The van der Waals surface area contributed by atoms with E-state index in [4.69, 9.17) is 9.72 Å². The van der Waals surface area contributed by atoms with Crippen LogP contribution in [0.1, 0.15) is 34.0 Å². The Morgan fingerprint density at radius 3 is 2.40 bits per heavy atom. The molecule has 0 saturated carbocycles. The molecule has 0 N–H and O–H groups in total. The van der Waals surface area contributed by atoms with E-state index in [9.17, 15) is 4.79 Å². The molecule has 40 heavy (non-hydrogen) atoms. The number of hydrogen-bond donors (Lipinski definition) is 0. The monoisotopic (exact) mass is 536 g/mol. The highest BCUT2D eigenvalue weighted by Crippen LogP contribution is 2.32. The number of aromatic nitrogens is 3. The van der Waals surface area contributed by atoms with Crippen molar-refractivity contribution >= 4 is 22.6 Å². The molecule has 4 heterocycles. The van der Waals surface area contributed by atoms with E-state index < -0.39 is 0 Å². The molecule has 0 atom stereocenters.